The average Bonchev–Trinajstić information content (AvgIpc) is 3.64. The first-order chi connectivity index (χ1) is 17.2. The summed E-state index contributed by atoms with van der Waals surface area (Å²) >= 11 is 0. The van der Waals surface area contributed by atoms with E-state index in [1.54, 1.807) is 41.3 Å². The molecule has 0 spiro atoms. The first-order valence-electron chi connectivity index (χ1n) is 11.8. The minimum absolute atomic E-state index is 0.0117. The van der Waals surface area contributed by atoms with Gasteiger partial charge in [-0.2, -0.15) is 4.98 Å². The van der Waals surface area contributed by atoms with E-state index in [9.17, 15) is 9.59 Å². The number of imidazole rings is 1. The fourth-order valence-corrected chi connectivity index (χ4v) is 3.71. The quantitative estimate of drug-likeness (QED) is 0.271. The van der Waals surface area contributed by atoms with Crippen molar-refractivity contribution in [2.75, 3.05) is 0 Å². The van der Waals surface area contributed by atoms with Crippen LogP contribution in [0.5, 0.6) is 17.5 Å². The molecule has 0 atom stereocenters. The molecule has 10 heteroatoms. The van der Waals surface area contributed by atoms with Gasteiger partial charge in [0, 0.05) is 38.4 Å². The molecule has 1 amide bonds. The van der Waals surface area contributed by atoms with Gasteiger partial charge in [0.1, 0.15) is 17.3 Å². The Morgan fingerprint density at radius 2 is 2.08 bits per heavy atom. The lowest BCUT2D eigenvalue weighted by molar-refractivity contribution is -0.118. The zero-order chi connectivity index (χ0) is 26.0. The molecule has 1 fully saturated rings. The molecule has 3 aromatic heterocycles. The van der Waals surface area contributed by atoms with E-state index in [2.05, 4.69) is 27.0 Å². The molecule has 1 aliphatic carbocycles. The van der Waals surface area contributed by atoms with Gasteiger partial charge < -0.3 is 19.4 Å². The number of fused-ring (bicyclic) bond motifs is 1. The SMILES string of the molecule is C=N/C(=C\C(=C/C)Oc1cnc2nc(Oc3cc(C4CC4)cn(C(C)C)c3=O)n(C)c2c1)NC(C)=O. The van der Waals surface area contributed by atoms with Crippen LogP contribution in [-0.2, 0) is 11.8 Å². The van der Waals surface area contributed by atoms with Gasteiger partial charge in [0.25, 0.3) is 5.56 Å². The Kier molecular flexibility index (Phi) is 7.05. The van der Waals surface area contributed by atoms with Crippen molar-refractivity contribution >= 4 is 23.8 Å². The summed E-state index contributed by atoms with van der Waals surface area (Å²) in [5.74, 6) is 1.60. The van der Waals surface area contributed by atoms with E-state index in [4.69, 9.17) is 9.47 Å². The van der Waals surface area contributed by atoms with Crippen LogP contribution in [-0.4, -0.2) is 31.7 Å². The van der Waals surface area contributed by atoms with Gasteiger partial charge in [0.2, 0.25) is 5.91 Å². The topological polar surface area (TPSA) is 113 Å². The molecule has 0 saturated heterocycles. The second kappa shape index (κ2) is 10.2. The Hall–Kier alpha value is -4.21. The maximum atomic E-state index is 13.0. The minimum atomic E-state index is -0.266. The van der Waals surface area contributed by atoms with Crippen LogP contribution in [0, 0.1) is 0 Å². The van der Waals surface area contributed by atoms with Gasteiger partial charge in [-0.25, -0.2) is 9.98 Å². The third kappa shape index (κ3) is 5.37. The number of aryl methyl sites for hydroxylation is 1. The van der Waals surface area contributed by atoms with E-state index in [0.717, 1.165) is 18.4 Å². The number of hydrogen-bond acceptors (Lipinski definition) is 7. The minimum Gasteiger partial charge on any atom is -0.456 e. The molecule has 3 aromatic rings. The van der Waals surface area contributed by atoms with Crippen molar-refractivity contribution < 1.29 is 14.3 Å². The average molecular weight is 491 g/mol. The number of ether oxygens (including phenoxy) is 2. The molecule has 0 aliphatic heterocycles. The monoisotopic (exact) mass is 490 g/mol. The summed E-state index contributed by atoms with van der Waals surface area (Å²) in [6.45, 7) is 10.6. The summed E-state index contributed by atoms with van der Waals surface area (Å²) in [5.41, 5.74) is 2.01. The highest BCUT2D eigenvalue weighted by molar-refractivity contribution is 5.75. The maximum absolute atomic E-state index is 13.0. The molecule has 0 radical (unpaired) electrons. The summed E-state index contributed by atoms with van der Waals surface area (Å²) in [6, 6.07) is 3.86. The van der Waals surface area contributed by atoms with E-state index in [1.165, 1.54) is 13.1 Å². The van der Waals surface area contributed by atoms with Gasteiger partial charge in [-0.05, 0) is 64.0 Å². The summed E-state index contributed by atoms with van der Waals surface area (Å²) in [7, 11) is 1.79. The first-order valence-corrected chi connectivity index (χ1v) is 11.8. The number of aliphatic imine (C=N–C) groups is 1. The molecule has 188 valence electrons. The van der Waals surface area contributed by atoms with E-state index in [-0.39, 0.29) is 35.1 Å². The summed E-state index contributed by atoms with van der Waals surface area (Å²) in [6.07, 6.45) is 8.99. The number of rotatable bonds is 9. The molecule has 36 heavy (non-hydrogen) atoms. The number of aromatic nitrogens is 4. The molecule has 3 heterocycles. The van der Waals surface area contributed by atoms with Crippen molar-refractivity contribution in [3.05, 3.63) is 64.2 Å². The number of nitrogens with one attached hydrogen (secondary N) is 1. The fourth-order valence-electron chi connectivity index (χ4n) is 3.71. The van der Waals surface area contributed by atoms with Crippen molar-refractivity contribution in [1.29, 1.82) is 0 Å². The lowest BCUT2D eigenvalue weighted by atomic mass is 10.2. The van der Waals surface area contributed by atoms with Crippen LogP contribution in [0.3, 0.4) is 0 Å². The second-order valence-electron chi connectivity index (χ2n) is 8.95. The fraction of sp³-hybridized carbons (Fsp3) is 0.346. The van der Waals surface area contributed by atoms with Crippen LogP contribution >= 0.6 is 0 Å². The van der Waals surface area contributed by atoms with Crippen molar-refractivity contribution in [3.8, 4) is 17.5 Å². The van der Waals surface area contributed by atoms with E-state index in [0.29, 0.717) is 28.6 Å². The van der Waals surface area contributed by atoms with Crippen LogP contribution in [0.2, 0.25) is 0 Å². The van der Waals surface area contributed by atoms with Crippen LogP contribution in [0.15, 0.2) is 58.0 Å². The van der Waals surface area contributed by atoms with Crippen LogP contribution in [0.1, 0.15) is 58.1 Å². The number of carbonyl (C=O) groups is 1. The molecule has 0 bridgehead atoms. The number of allylic oxidation sites excluding steroid dienone is 2. The Balaban J connectivity index is 1.63. The molecule has 10 nitrogen and oxygen atoms in total. The summed E-state index contributed by atoms with van der Waals surface area (Å²) in [4.78, 5) is 37.0. The second-order valence-corrected chi connectivity index (χ2v) is 8.95. The highest BCUT2D eigenvalue weighted by Gasteiger charge is 2.26. The molecular weight excluding hydrogens is 460 g/mol. The van der Waals surface area contributed by atoms with Crippen molar-refractivity contribution in [2.24, 2.45) is 12.0 Å². The zero-order valence-corrected chi connectivity index (χ0v) is 21.1. The molecule has 1 saturated carbocycles. The molecule has 4 rings (SSSR count). The van der Waals surface area contributed by atoms with Crippen molar-refractivity contribution in [1.82, 2.24) is 24.4 Å². The van der Waals surface area contributed by atoms with Crippen LogP contribution in [0.4, 0.5) is 0 Å². The molecular formula is C26H30N6O4. The van der Waals surface area contributed by atoms with Crippen LogP contribution in [0.25, 0.3) is 11.2 Å². The smallest absolute Gasteiger partial charge is 0.304 e. The highest BCUT2D eigenvalue weighted by atomic mass is 16.5. The standard InChI is InChI=1S/C26H30N6O4/c1-7-19(12-23(27-5)29-16(4)33)35-20-11-21-24(28-13-20)30-26(31(21)6)36-22-10-18(17-8-9-17)14-32(15(2)3)25(22)34/h7,10-15,17H,5,8-9H2,1-4,6H3,(H,29,33)/b19-7+,23-12+. The number of nitrogens with zero attached hydrogens (tertiary/aromatic N) is 5. The molecule has 0 aromatic carbocycles. The number of carbonyl (C=O) groups excluding carboxylic acids is 1. The Morgan fingerprint density at radius 1 is 1.33 bits per heavy atom. The van der Waals surface area contributed by atoms with Crippen LogP contribution < -0.4 is 20.3 Å². The Bertz CT molecular complexity index is 1440. The zero-order valence-electron chi connectivity index (χ0n) is 21.1. The first kappa shape index (κ1) is 24.9. The molecule has 1 N–H and O–H groups in total. The largest absolute Gasteiger partial charge is 0.456 e. The van der Waals surface area contributed by atoms with Crippen molar-refractivity contribution in [3.63, 3.8) is 0 Å². The predicted molar refractivity (Wildman–Crippen MR) is 137 cm³/mol. The van der Waals surface area contributed by atoms with Gasteiger partial charge in [-0.3, -0.25) is 14.2 Å². The van der Waals surface area contributed by atoms with Gasteiger partial charge >= 0.3 is 6.01 Å². The van der Waals surface area contributed by atoms with E-state index >= 15 is 0 Å². The molecule has 1 aliphatic rings. The van der Waals surface area contributed by atoms with Gasteiger partial charge in [-0.1, -0.05) is 0 Å². The lowest BCUT2D eigenvalue weighted by Gasteiger charge is -2.14. The summed E-state index contributed by atoms with van der Waals surface area (Å²) in [5, 5.41) is 2.57. The summed E-state index contributed by atoms with van der Waals surface area (Å²) < 4.78 is 15.4. The van der Waals surface area contributed by atoms with Crippen molar-refractivity contribution in [2.45, 2.75) is 52.5 Å². The highest BCUT2D eigenvalue weighted by Crippen LogP contribution is 2.41. The molecule has 0 unspecified atom stereocenters. The normalized spacial score (nSPS) is 14.3. The third-order valence-corrected chi connectivity index (χ3v) is 5.78. The number of hydrogen-bond donors (Lipinski definition) is 1. The van der Waals surface area contributed by atoms with E-state index in [1.807, 2.05) is 26.1 Å². The Morgan fingerprint density at radius 3 is 2.69 bits per heavy atom. The predicted octanol–water partition coefficient (Wildman–Crippen LogP) is 4.34. The van der Waals surface area contributed by atoms with E-state index < -0.39 is 0 Å². The lowest BCUT2D eigenvalue weighted by Crippen LogP contribution is -2.23. The van der Waals surface area contributed by atoms with Gasteiger partial charge in [-0.15, -0.1) is 0 Å². The third-order valence-electron chi connectivity index (χ3n) is 5.78. The Labute approximate surface area is 209 Å². The van der Waals surface area contributed by atoms with Gasteiger partial charge in [0.15, 0.2) is 11.4 Å². The van der Waals surface area contributed by atoms with Gasteiger partial charge in [0.05, 0.1) is 11.7 Å². The number of amides is 1. The maximum Gasteiger partial charge on any atom is 0.304 e. The number of pyridine rings is 2.